The highest BCUT2D eigenvalue weighted by Gasteiger charge is 2.20. The van der Waals surface area contributed by atoms with Crippen molar-refractivity contribution in [2.24, 2.45) is 0 Å². The normalized spacial score (nSPS) is 20.2. The average Bonchev–Trinajstić information content (AvgIpc) is 2.49. The molecule has 2 heterocycles. The van der Waals surface area contributed by atoms with Gasteiger partial charge in [0.25, 0.3) is 0 Å². The van der Waals surface area contributed by atoms with E-state index in [0.29, 0.717) is 6.04 Å². The van der Waals surface area contributed by atoms with Crippen molar-refractivity contribution >= 4 is 0 Å². The minimum Gasteiger partial charge on any atom is -0.329 e. The molecule has 0 aromatic carbocycles. The highest BCUT2D eigenvalue weighted by atomic mass is 15.2. The summed E-state index contributed by atoms with van der Waals surface area (Å²) < 4.78 is 2.40. The van der Waals surface area contributed by atoms with Crippen LogP contribution in [0.5, 0.6) is 0 Å². The molecule has 78 valence electrons. The van der Waals surface area contributed by atoms with Crippen molar-refractivity contribution in [2.75, 3.05) is 20.1 Å². The van der Waals surface area contributed by atoms with Crippen molar-refractivity contribution in [2.45, 2.75) is 32.7 Å². The monoisotopic (exact) mass is 193 g/mol. The maximum absolute atomic E-state index is 4.36. The molecule has 0 unspecified atom stereocenters. The first-order valence-corrected chi connectivity index (χ1v) is 5.37. The molecule has 0 atom stereocenters. The highest BCUT2D eigenvalue weighted by Crippen LogP contribution is 2.24. The summed E-state index contributed by atoms with van der Waals surface area (Å²) in [6, 6.07) is 0.675. The molecule has 14 heavy (non-hydrogen) atoms. The Morgan fingerprint density at radius 2 is 1.93 bits per heavy atom. The number of rotatable bonds is 1. The molecule has 0 N–H and O–H groups in total. The molecule has 3 nitrogen and oxygen atoms in total. The molecule has 0 saturated carbocycles. The predicted molar refractivity (Wildman–Crippen MR) is 57.5 cm³/mol. The highest BCUT2D eigenvalue weighted by molar-refractivity contribution is 5.04. The summed E-state index contributed by atoms with van der Waals surface area (Å²) in [7, 11) is 2.20. The number of aromatic nitrogens is 2. The lowest BCUT2D eigenvalue weighted by Crippen LogP contribution is -2.32. The molecule has 1 saturated heterocycles. The van der Waals surface area contributed by atoms with Gasteiger partial charge in [-0.1, -0.05) is 0 Å². The fourth-order valence-electron chi connectivity index (χ4n) is 2.37. The van der Waals surface area contributed by atoms with Crippen molar-refractivity contribution in [3.63, 3.8) is 0 Å². The van der Waals surface area contributed by atoms with E-state index >= 15 is 0 Å². The van der Waals surface area contributed by atoms with Crippen molar-refractivity contribution in [1.82, 2.24) is 14.5 Å². The fraction of sp³-hybridized carbons (Fsp3) is 0.727. The number of imidazole rings is 1. The molecule has 2 rings (SSSR count). The molecule has 0 spiro atoms. The van der Waals surface area contributed by atoms with Gasteiger partial charge in [-0.25, -0.2) is 4.98 Å². The molecule has 0 radical (unpaired) electrons. The predicted octanol–water partition coefficient (Wildman–Crippen LogP) is 1.77. The van der Waals surface area contributed by atoms with Gasteiger partial charge in [0.1, 0.15) is 5.82 Å². The van der Waals surface area contributed by atoms with Crippen LogP contribution in [-0.2, 0) is 0 Å². The van der Waals surface area contributed by atoms with Crippen LogP contribution in [0.3, 0.4) is 0 Å². The zero-order chi connectivity index (χ0) is 10.1. The number of aryl methyl sites for hydroxylation is 2. The summed E-state index contributed by atoms with van der Waals surface area (Å²) in [5.41, 5.74) is 1.30. The van der Waals surface area contributed by atoms with Crippen LogP contribution in [0.25, 0.3) is 0 Å². The van der Waals surface area contributed by atoms with Gasteiger partial charge in [-0.15, -0.1) is 0 Å². The first kappa shape index (κ1) is 9.71. The quantitative estimate of drug-likeness (QED) is 0.677. The Labute approximate surface area is 85.7 Å². The molecule has 1 aliphatic heterocycles. The minimum absolute atomic E-state index is 0.675. The van der Waals surface area contributed by atoms with Crippen LogP contribution in [0.4, 0.5) is 0 Å². The first-order chi connectivity index (χ1) is 6.68. The van der Waals surface area contributed by atoms with Crippen LogP contribution >= 0.6 is 0 Å². The summed E-state index contributed by atoms with van der Waals surface area (Å²) in [5.74, 6) is 1.16. The maximum Gasteiger partial charge on any atom is 0.105 e. The van der Waals surface area contributed by atoms with Crippen LogP contribution in [0.2, 0.25) is 0 Å². The van der Waals surface area contributed by atoms with E-state index in [4.69, 9.17) is 0 Å². The summed E-state index contributed by atoms with van der Waals surface area (Å²) in [6.45, 7) is 6.67. The summed E-state index contributed by atoms with van der Waals surface area (Å²) in [4.78, 5) is 6.76. The Morgan fingerprint density at radius 1 is 1.29 bits per heavy atom. The van der Waals surface area contributed by atoms with Gasteiger partial charge in [0.15, 0.2) is 0 Å². The molecule has 0 aliphatic carbocycles. The van der Waals surface area contributed by atoms with E-state index in [1.807, 2.05) is 6.20 Å². The van der Waals surface area contributed by atoms with Gasteiger partial charge in [0, 0.05) is 17.9 Å². The third-order valence-corrected chi connectivity index (χ3v) is 3.22. The van der Waals surface area contributed by atoms with Crippen molar-refractivity contribution in [3.8, 4) is 0 Å². The molecule has 1 fully saturated rings. The molecule has 1 aliphatic rings. The van der Waals surface area contributed by atoms with Gasteiger partial charge in [-0.2, -0.15) is 0 Å². The van der Waals surface area contributed by atoms with E-state index in [1.165, 1.54) is 31.6 Å². The van der Waals surface area contributed by atoms with Gasteiger partial charge >= 0.3 is 0 Å². The zero-order valence-corrected chi connectivity index (χ0v) is 9.32. The van der Waals surface area contributed by atoms with Gasteiger partial charge in [0.2, 0.25) is 0 Å². The number of nitrogens with zero attached hydrogens (tertiary/aromatic N) is 3. The Hall–Kier alpha value is -0.830. The summed E-state index contributed by atoms with van der Waals surface area (Å²) >= 11 is 0. The lowest BCUT2D eigenvalue weighted by molar-refractivity contribution is 0.218. The van der Waals surface area contributed by atoms with Gasteiger partial charge in [-0.05, 0) is 46.8 Å². The lowest BCUT2D eigenvalue weighted by Gasteiger charge is -2.31. The minimum atomic E-state index is 0.675. The van der Waals surface area contributed by atoms with E-state index in [-0.39, 0.29) is 0 Å². The van der Waals surface area contributed by atoms with Gasteiger partial charge in [0.05, 0.1) is 0 Å². The standard InChI is InChI=1S/C11H19N3/c1-9-8-12-10(2)14(9)11-4-6-13(3)7-5-11/h8,11H,4-7H2,1-3H3. The Morgan fingerprint density at radius 3 is 2.43 bits per heavy atom. The molecular formula is C11H19N3. The maximum atomic E-state index is 4.36. The molecule has 1 aromatic heterocycles. The second-order valence-electron chi connectivity index (χ2n) is 4.35. The van der Waals surface area contributed by atoms with Gasteiger partial charge < -0.3 is 9.47 Å². The number of likely N-dealkylation sites (tertiary alicyclic amines) is 1. The largest absolute Gasteiger partial charge is 0.329 e. The fourth-order valence-corrected chi connectivity index (χ4v) is 2.37. The van der Waals surface area contributed by atoms with E-state index in [1.54, 1.807) is 0 Å². The van der Waals surface area contributed by atoms with Crippen molar-refractivity contribution < 1.29 is 0 Å². The molecule has 0 bridgehead atoms. The number of hydrogen-bond donors (Lipinski definition) is 0. The molecule has 0 amide bonds. The van der Waals surface area contributed by atoms with Crippen LogP contribution in [-0.4, -0.2) is 34.6 Å². The third-order valence-electron chi connectivity index (χ3n) is 3.22. The van der Waals surface area contributed by atoms with Crippen LogP contribution in [0, 0.1) is 13.8 Å². The topological polar surface area (TPSA) is 21.1 Å². The van der Waals surface area contributed by atoms with Crippen LogP contribution < -0.4 is 0 Å². The summed E-state index contributed by atoms with van der Waals surface area (Å²) in [6.07, 6.45) is 4.50. The zero-order valence-electron chi connectivity index (χ0n) is 9.32. The molecule has 1 aromatic rings. The number of hydrogen-bond acceptors (Lipinski definition) is 2. The molecule has 3 heteroatoms. The Balaban J connectivity index is 2.15. The smallest absolute Gasteiger partial charge is 0.105 e. The second kappa shape index (κ2) is 3.73. The van der Waals surface area contributed by atoms with Crippen molar-refractivity contribution in [1.29, 1.82) is 0 Å². The Bertz CT molecular complexity index is 289. The lowest BCUT2D eigenvalue weighted by atomic mass is 10.1. The second-order valence-corrected chi connectivity index (χ2v) is 4.35. The Kier molecular flexibility index (Phi) is 2.59. The SMILES string of the molecule is Cc1cnc(C)n1C1CCN(C)CC1. The molecular weight excluding hydrogens is 174 g/mol. The number of piperidine rings is 1. The van der Waals surface area contributed by atoms with E-state index in [0.717, 1.165) is 5.82 Å². The van der Waals surface area contributed by atoms with Crippen LogP contribution in [0.1, 0.15) is 30.4 Å². The van der Waals surface area contributed by atoms with E-state index < -0.39 is 0 Å². The van der Waals surface area contributed by atoms with Crippen LogP contribution in [0.15, 0.2) is 6.20 Å². The van der Waals surface area contributed by atoms with Crippen molar-refractivity contribution in [3.05, 3.63) is 17.7 Å². The van der Waals surface area contributed by atoms with E-state index in [9.17, 15) is 0 Å². The van der Waals surface area contributed by atoms with E-state index in [2.05, 4.69) is 35.3 Å². The summed E-state index contributed by atoms with van der Waals surface area (Å²) in [5, 5.41) is 0. The first-order valence-electron chi connectivity index (χ1n) is 5.37. The average molecular weight is 193 g/mol. The third kappa shape index (κ3) is 1.69. The van der Waals surface area contributed by atoms with Gasteiger partial charge in [-0.3, -0.25) is 0 Å².